The van der Waals surface area contributed by atoms with Crippen LogP contribution in [0, 0.1) is 5.41 Å². The number of carbonyl (C=O) groups is 2. The number of ether oxygens (including phenoxy) is 1. The largest absolute Gasteiger partial charge is 0.375 e. The van der Waals surface area contributed by atoms with Gasteiger partial charge in [-0.25, -0.2) is 0 Å². The predicted molar refractivity (Wildman–Crippen MR) is 87.0 cm³/mol. The van der Waals surface area contributed by atoms with Crippen molar-refractivity contribution in [2.45, 2.75) is 32.1 Å². The fraction of sp³-hybridized carbons (Fsp3) is 0.882. The molecule has 3 rings (SSSR count). The average molecular weight is 323 g/mol. The van der Waals surface area contributed by atoms with Gasteiger partial charge in [0.25, 0.3) is 0 Å². The van der Waals surface area contributed by atoms with Gasteiger partial charge in [0.1, 0.15) is 6.61 Å². The van der Waals surface area contributed by atoms with E-state index in [0.717, 1.165) is 45.4 Å². The van der Waals surface area contributed by atoms with Gasteiger partial charge < -0.3 is 19.4 Å². The van der Waals surface area contributed by atoms with Crippen LogP contribution in [-0.2, 0) is 14.3 Å². The van der Waals surface area contributed by atoms with Crippen molar-refractivity contribution in [2.24, 2.45) is 5.41 Å². The molecule has 0 unspecified atom stereocenters. The monoisotopic (exact) mass is 323 g/mol. The van der Waals surface area contributed by atoms with Crippen molar-refractivity contribution >= 4 is 11.8 Å². The van der Waals surface area contributed by atoms with E-state index in [0.29, 0.717) is 6.54 Å². The Hall–Kier alpha value is -1.14. The lowest BCUT2D eigenvalue weighted by atomic mass is 9.78. The number of hydrogen-bond acceptors (Lipinski definition) is 4. The summed E-state index contributed by atoms with van der Waals surface area (Å²) in [7, 11) is 1.54. The molecule has 23 heavy (non-hydrogen) atoms. The van der Waals surface area contributed by atoms with Crippen molar-refractivity contribution in [3.8, 4) is 0 Å². The van der Waals surface area contributed by atoms with E-state index in [2.05, 4.69) is 4.90 Å². The third-order valence-corrected chi connectivity index (χ3v) is 5.68. The molecule has 0 aliphatic carbocycles. The van der Waals surface area contributed by atoms with Crippen LogP contribution in [0.5, 0.6) is 0 Å². The number of methoxy groups -OCH3 is 1. The van der Waals surface area contributed by atoms with Gasteiger partial charge in [-0.3, -0.25) is 9.59 Å². The number of rotatable bonds is 5. The first kappa shape index (κ1) is 16.7. The van der Waals surface area contributed by atoms with E-state index >= 15 is 0 Å². The topological polar surface area (TPSA) is 53.1 Å². The van der Waals surface area contributed by atoms with Crippen LogP contribution in [0.15, 0.2) is 0 Å². The summed E-state index contributed by atoms with van der Waals surface area (Å²) >= 11 is 0. The Morgan fingerprint density at radius 3 is 2.61 bits per heavy atom. The SMILES string of the molecule is COCC(=O)N1CCC[C@]2(CCN(CCN3CCCC3)C2=O)C1. The van der Waals surface area contributed by atoms with Gasteiger partial charge >= 0.3 is 0 Å². The van der Waals surface area contributed by atoms with Gasteiger partial charge in [0.05, 0.1) is 5.41 Å². The summed E-state index contributed by atoms with van der Waals surface area (Å²) in [6, 6.07) is 0. The Bertz CT molecular complexity index is 450. The van der Waals surface area contributed by atoms with Crippen LogP contribution in [0.4, 0.5) is 0 Å². The highest BCUT2D eigenvalue weighted by Gasteiger charge is 2.49. The lowest BCUT2D eigenvalue weighted by Crippen LogP contribution is -2.51. The molecule has 0 aromatic rings. The molecule has 3 heterocycles. The van der Waals surface area contributed by atoms with E-state index in [1.54, 1.807) is 7.11 Å². The summed E-state index contributed by atoms with van der Waals surface area (Å²) in [6.45, 7) is 6.47. The number of likely N-dealkylation sites (tertiary alicyclic amines) is 3. The van der Waals surface area contributed by atoms with Gasteiger partial charge in [0.2, 0.25) is 11.8 Å². The zero-order valence-corrected chi connectivity index (χ0v) is 14.3. The van der Waals surface area contributed by atoms with E-state index in [1.165, 1.54) is 25.9 Å². The van der Waals surface area contributed by atoms with Crippen molar-refractivity contribution in [1.29, 1.82) is 0 Å². The Kier molecular flexibility index (Phi) is 5.21. The quantitative estimate of drug-likeness (QED) is 0.742. The molecule has 0 radical (unpaired) electrons. The average Bonchev–Trinajstić information content (AvgIpc) is 3.17. The maximum absolute atomic E-state index is 13.0. The van der Waals surface area contributed by atoms with E-state index in [9.17, 15) is 9.59 Å². The molecule has 0 aromatic heterocycles. The number of amides is 2. The molecule has 0 saturated carbocycles. The highest BCUT2D eigenvalue weighted by atomic mass is 16.5. The smallest absolute Gasteiger partial charge is 0.248 e. The summed E-state index contributed by atoms with van der Waals surface area (Å²) in [6.07, 6.45) is 5.30. The molecular formula is C17H29N3O3. The predicted octanol–water partition coefficient (Wildman–Crippen LogP) is 0.570. The van der Waals surface area contributed by atoms with Crippen LogP contribution in [0.2, 0.25) is 0 Å². The van der Waals surface area contributed by atoms with Gasteiger partial charge in [-0.15, -0.1) is 0 Å². The third-order valence-electron chi connectivity index (χ3n) is 5.68. The molecule has 1 spiro atoms. The highest BCUT2D eigenvalue weighted by molar-refractivity contribution is 5.86. The Morgan fingerprint density at radius 1 is 1.09 bits per heavy atom. The van der Waals surface area contributed by atoms with E-state index < -0.39 is 0 Å². The molecule has 1 atom stereocenters. The fourth-order valence-electron chi connectivity index (χ4n) is 4.31. The lowest BCUT2D eigenvalue weighted by molar-refractivity contribution is -0.145. The number of piperidine rings is 1. The van der Waals surface area contributed by atoms with Crippen molar-refractivity contribution in [2.75, 3.05) is 59.5 Å². The minimum absolute atomic E-state index is 0.00916. The maximum Gasteiger partial charge on any atom is 0.248 e. The molecule has 3 aliphatic heterocycles. The van der Waals surface area contributed by atoms with Gasteiger partial charge in [0.15, 0.2) is 0 Å². The van der Waals surface area contributed by atoms with Crippen LogP contribution in [0.1, 0.15) is 32.1 Å². The van der Waals surface area contributed by atoms with Crippen molar-refractivity contribution in [3.05, 3.63) is 0 Å². The Labute approximate surface area is 138 Å². The van der Waals surface area contributed by atoms with Gasteiger partial charge in [-0.2, -0.15) is 0 Å². The number of carbonyl (C=O) groups excluding carboxylic acids is 2. The first-order chi connectivity index (χ1) is 11.1. The molecule has 6 heteroatoms. The minimum atomic E-state index is -0.327. The van der Waals surface area contributed by atoms with E-state index in [1.807, 2.05) is 9.80 Å². The van der Waals surface area contributed by atoms with Crippen LogP contribution < -0.4 is 0 Å². The standard InChI is InChI=1S/C17H29N3O3/c1-23-13-15(21)20-9-4-5-17(14-20)6-10-19(16(17)22)12-11-18-7-2-3-8-18/h2-14H2,1H3/t17-/m0/s1. The molecular weight excluding hydrogens is 294 g/mol. The number of nitrogens with zero attached hydrogens (tertiary/aromatic N) is 3. The summed E-state index contributed by atoms with van der Waals surface area (Å²) in [5.74, 6) is 0.279. The van der Waals surface area contributed by atoms with Crippen LogP contribution in [-0.4, -0.2) is 86.0 Å². The summed E-state index contributed by atoms with van der Waals surface area (Å²) < 4.78 is 4.96. The van der Waals surface area contributed by atoms with Crippen molar-refractivity contribution < 1.29 is 14.3 Å². The van der Waals surface area contributed by atoms with Crippen LogP contribution in [0.25, 0.3) is 0 Å². The maximum atomic E-state index is 13.0. The fourth-order valence-corrected chi connectivity index (χ4v) is 4.31. The molecule has 0 bridgehead atoms. The molecule has 3 aliphatic rings. The molecule has 3 saturated heterocycles. The second-order valence-corrected chi connectivity index (χ2v) is 7.22. The second-order valence-electron chi connectivity index (χ2n) is 7.22. The molecule has 2 amide bonds. The van der Waals surface area contributed by atoms with E-state index in [4.69, 9.17) is 4.74 Å². The van der Waals surface area contributed by atoms with Gasteiger partial charge in [-0.05, 0) is 45.2 Å². The van der Waals surface area contributed by atoms with Crippen molar-refractivity contribution in [3.63, 3.8) is 0 Å². The zero-order chi connectivity index (χ0) is 16.3. The Balaban J connectivity index is 1.56. The third kappa shape index (κ3) is 3.53. The lowest BCUT2D eigenvalue weighted by Gasteiger charge is -2.39. The zero-order valence-electron chi connectivity index (χ0n) is 14.3. The highest BCUT2D eigenvalue weighted by Crippen LogP contribution is 2.40. The summed E-state index contributed by atoms with van der Waals surface area (Å²) in [5.41, 5.74) is -0.327. The molecule has 3 fully saturated rings. The summed E-state index contributed by atoms with van der Waals surface area (Å²) in [4.78, 5) is 31.4. The van der Waals surface area contributed by atoms with Crippen molar-refractivity contribution in [1.82, 2.24) is 14.7 Å². The summed E-state index contributed by atoms with van der Waals surface area (Å²) in [5, 5.41) is 0. The molecule has 0 aromatic carbocycles. The first-order valence-corrected chi connectivity index (χ1v) is 8.93. The number of hydrogen-bond donors (Lipinski definition) is 0. The van der Waals surface area contributed by atoms with Gasteiger partial charge in [-0.1, -0.05) is 0 Å². The molecule has 130 valence electrons. The second kappa shape index (κ2) is 7.18. The molecule has 0 N–H and O–H groups in total. The normalized spacial score (nSPS) is 29.0. The van der Waals surface area contributed by atoms with Crippen LogP contribution >= 0.6 is 0 Å². The Morgan fingerprint density at radius 2 is 1.87 bits per heavy atom. The van der Waals surface area contributed by atoms with E-state index in [-0.39, 0.29) is 23.8 Å². The first-order valence-electron chi connectivity index (χ1n) is 8.93. The molecule has 6 nitrogen and oxygen atoms in total. The van der Waals surface area contributed by atoms with Gasteiger partial charge in [0, 0.05) is 39.8 Å². The van der Waals surface area contributed by atoms with Crippen LogP contribution in [0.3, 0.4) is 0 Å². The minimum Gasteiger partial charge on any atom is -0.375 e.